The number of rotatable bonds is 2. The maximum Gasteiger partial charge on any atom is 0.217 e. The summed E-state index contributed by atoms with van der Waals surface area (Å²) in [5, 5.41) is 25.2. The molecule has 0 radical (unpaired) electrons. The highest BCUT2D eigenvalue weighted by atomic mass is 79.9. The van der Waals surface area contributed by atoms with Crippen LogP contribution in [0.2, 0.25) is 0 Å². The van der Waals surface area contributed by atoms with E-state index in [0.29, 0.717) is 8.95 Å². The van der Waals surface area contributed by atoms with E-state index in [9.17, 15) is 5.11 Å². The van der Waals surface area contributed by atoms with Crippen molar-refractivity contribution in [3.8, 4) is 17.1 Å². The predicted octanol–water partition coefficient (Wildman–Crippen LogP) is 5.46. The van der Waals surface area contributed by atoms with Gasteiger partial charge in [-0.05, 0) is 61.3 Å². The summed E-state index contributed by atoms with van der Waals surface area (Å²) < 4.78 is 3.40. The third-order valence-corrected chi connectivity index (χ3v) is 7.52. The molecule has 0 fully saturated rings. The molecule has 5 nitrogen and oxygen atoms in total. The average molecular weight is 510 g/mol. The van der Waals surface area contributed by atoms with Gasteiger partial charge in [-0.15, -0.1) is 10.2 Å². The minimum absolute atomic E-state index is 0.0328. The first-order valence-corrected chi connectivity index (χ1v) is 11.0. The van der Waals surface area contributed by atoms with Crippen LogP contribution in [-0.4, -0.2) is 20.0 Å². The lowest BCUT2D eigenvalue weighted by Crippen LogP contribution is -2.29. The van der Waals surface area contributed by atoms with Crippen LogP contribution in [0.5, 0.6) is 5.75 Å². The zero-order chi connectivity index (χ0) is 17.8. The first kappa shape index (κ1) is 16.7. The van der Waals surface area contributed by atoms with Crippen LogP contribution in [0.25, 0.3) is 11.4 Å². The summed E-state index contributed by atoms with van der Waals surface area (Å²) in [7, 11) is 0. The molecular formula is C17H10Br2N4OS2. The van der Waals surface area contributed by atoms with Crippen molar-refractivity contribution in [2.75, 3.05) is 5.01 Å². The first-order chi connectivity index (χ1) is 12.6. The Morgan fingerprint density at radius 1 is 1.04 bits per heavy atom. The van der Waals surface area contributed by atoms with Crippen molar-refractivity contribution in [1.82, 2.24) is 14.9 Å². The Morgan fingerprint density at radius 2 is 1.77 bits per heavy atom. The normalized spacial score (nSPS) is 18.0. The van der Waals surface area contributed by atoms with Crippen molar-refractivity contribution in [1.29, 1.82) is 0 Å². The monoisotopic (exact) mass is 508 g/mol. The van der Waals surface area contributed by atoms with E-state index in [4.69, 9.17) is 0 Å². The number of nitrogens with zero attached hydrogens (tertiary/aromatic N) is 4. The molecule has 130 valence electrons. The average Bonchev–Trinajstić information content (AvgIpc) is 3.31. The van der Waals surface area contributed by atoms with E-state index in [1.54, 1.807) is 23.5 Å². The molecule has 26 heavy (non-hydrogen) atoms. The van der Waals surface area contributed by atoms with Crippen molar-refractivity contribution in [3.05, 3.63) is 67.4 Å². The Hall–Kier alpha value is -1.42. The highest BCUT2D eigenvalue weighted by Crippen LogP contribution is 2.53. The van der Waals surface area contributed by atoms with Crippen LogP contribution in [0.4, 0.5) is 0 Å². The van der Waals surface area contributed by atoms with E-state index >= 15 is 0 Å². The van der Waals surface area contributed by atoms with E-state index < -0.39 is 0 Å². The largest absolute Gasteiger partial charge is 0.506 e. The van der Waals surface area contributed by atoms with Crippen molar-refractivity contribution in [3.63, 3.8) is 0 Å². The Kier molecular flexibility index (Phi) is 4.07. The summed E-state index contributed by atoms with van der Waals surface area (Å²) in [6.45, 7) is 0. The first-order valence-electron chi connectivity index (χ1n) is 7.65. The van der Waals surface area contributed by atoms with E-state index in [1.807, 2.05) is 42.5 Å². The van der Waals surface area contributed by atoms with Gasteiger partial charge in [-0.3, -0.25) is 5.01 Å². The highest BCUT2D eigenvalue weighted by molar-refractivity contribution is 9.11. The molecule has 1 atom stereocenters. The smallest absolute Gasteiger partial charge is 0.217 e. The molecule has 2 aliphatic rings. The Morgan fingerprint density at radius 3 is 2.50 bits per heavy atom. The molecule has 3 heterocycles. The second-order valence-corrected chi connectivity index (χ2v) is 9.36. The van der Waals surface area contributed by atoms with Crippen molar-refractivity contribution in [2.45, 2.75) is 10.5 Å². The summed E-state index contributed by atoms with van der Waals surface area (Å²) in [4.78, 5) is 0. The lowest BCUT2D eigenvalue weighted by molar-refractivity contribution is 0.468. The third-order valence-electron chi connectivity index (χ3n) is 4.13. The Bertz CT molecular complexity index is 1030. The Balaban J connectivity index is 1.62. The lowest BCUT2D eigenvalue weighted by atomic mass is 10.2. The number of fused-ring (bicyclic) bond motifs is 3. The molecule has 9 heteroatoms. The second kappa shape index (κ2) is 6.33. The third kappa shape index (κ3) is 2.52. The van der Waals surface area contributed by atoms with Crippen molar-refractivity contribution in [2.24, 2.45) is 0 Å². The van der Waals surface area contributed by atoms with Gasteiger partial charge in [-0.1, -0.05) is 42.1 Å². The van der Waals surface area contributed by atoms with Crippen LogP contribution in [0.15, 0.2) is 67.0 Å². The quantitative estimate of drug-likeness (QED) is 0.494. The van der Waals surface area contributed by atoms with E-state index in [0.717, 1.165) is 27.1 Å². The highest BCUT2D eigenvalue weighted by Gasteiger charge is 2.40. The summed E-state index contributed by atoms with van der Waals surface area (Å²) in [5.41, 5.74) is 2.09. The fraction of sp³-hybridized carbons (Fsp3) is 0.0588. The number of aromatic hydroxyl groups is 1. The van der Waals surface area contributed by atoms with Gasteiger partial charge >= 0.3 is 0 Å². The van der Waals surface area contributed by atoms with Crippen molar-refractivity contribution >= 4 is 55.4 Å². The zero-order valence-corrected chi connectivity index (χ0v) is 17.8. The number of phenolic OH excluding ortho intramolecular Hbond substituents is 1. The van der Waals surface area contributed by atoms with Crippen LogP contribution < -0.4 is 5.01 Å². The van der Waals surface area contributed by atoms with Gasteiger partial charge < -0.3 is 5.11 Å². The molecule has 3 aromatic rings. The molecule has 2 aromatic carbocycles. The van der Waals surface area contributed by atoms with Gasteiger partial charge in [0.25, 0.3) is 0 Å². The van der Waals surface area contributed by atoms with Gasteiger partial charge in [0.15, 0.2) is 5.82 Å². The predicted molar refractivity (Wildman–Crippen MR) is 111 cm³/mol. The van der Waals surface area contributed by atoms with E-state index in [2.05, 4.69) is 57.2 Å². The molecule has 0 aliphatic carbocycles. The van der Waals surface area contributed by atoms with Crippen LogP contribution in [-0.2, 0) is 0 Å². The number of hydrogen-bond acceptors (Lipinski definition) is 6. The molecule has 2 aliphatic heterocycles. The van der Waals surface area contributed by atoms with Gasteiger partial charge in [0.05, 0.1) is 8.95 Å². The van der Waals surface area contributed by atoms with Crippen LogP contribution in [0.1, 0.15) is 10.9 Å². The number of phenols is 1. The minimum Gasteiger partial charge on any atom is -0.506 e. The molecule has 0 amide bonds. The van der Waals surface area contributed by atoms with Gasteiger partial charge in [-0.25, -0.2) is 4.68 Å². The number of thioether (sulfide) groups is 2. The number of hydrogen-bond donors (Lipinski definition) is 1. The van der Waals surface area contributed by atoms with E-state index in [1.165, 1.54) is 0 Å². The maximum absolute atomic E-state index is 10.0. The topological polar surface area (TPSA) is 54.2 Å². The molecular weight excluding hydrogens is 500 g/mol. The molecule has 0 spiro atoms. The number of benzene rings is 2. The van der Waals surface area contributed by atoms with Crippen LogP contribution in [0, 0.1) is 0 Å². The molecule has 0 bridgehead atoms. The molecule has 1 N–H and O–H groups in total. The molecule has 1 aromatic heterocycles. The van der Waals surface area contributed by atoms with Crippen molar-refractivity contribution < 1.29 is 5.11 Å². The summed E-state index contributed by atoms with van der Waals surface area (Å²) in [6, 6.07) is 14.0. The fourth-order valence-corrected chi connectivity index (χ4v) is 6.38. The summed E-state index contributed by atoms with van der Waals surface area (Å²) in [5.74, 6) is 1.02. The SMILES string of the molecule is Oc1c(Br)cc(C2SC=C3Sc4nnc(-c5ccccc5)n4N32)cc1Br. The van der Waals surface area contributed by atoms with Gasteiger partial charge in [0.2, 0.25) is 5.16 Å². The second-order valence-electron chi connectivity index (χ2n) is 5.71. The minimum atomic E-state index is 0.0328. The van der Waals surface area contributed by atoms with Crippen LogP contribution >= 0.6 is 55.4 Å². The summed E-state index contributed by atoms with van der Waals surface area (Å²) in [6.07, 6.45) is 0. The number of aromatic nitrogens is 3. The summed E-state index contributed by atoms with van der Waals surface area (Å²) >= 11 is 10.2. The van der Waals surface area contributed by atoms with Crippen LogP contribution in [0.3, 0.4) is 0 Å². The standard InChI is InChI=1S/C17H10Br2N4OS2/c18-11-6-10(7-12(19)14(11)24)16-22-13(8-25-16)26-17-21-20-15(23(17)22)9-4-2-1-3-5-9/h1-8,16,24H. The number of halogens is 2. The molecule has 0 saturated heterocycles. The lowest BCUT2D eigenvalue weighted by Gasteiger charge is -2.26. The zero-order valence-electron chi connectivity index (χ0n) is 13.0. The maximum atomic E-state index is 10.0. The van der Waals surface area contributed by atoms with Gasteiger partial charge in [0.1, 0.15) is 16.2 Å². The molecule has 0 saturated carbocycles. The molecule has 5 rings (SSSR count). The molecule has 1 unspecified atom stereocenters. The Labute approximate surface area is 174 Å². The van der Waals surface area contributed by atoms with E-state index in [-0.39, 0.29) is 11.1 Å². The van der Waals surface area contributed by atoms with Gasteiger partial charge in [0, 0.05) is 11.0 Å². The fourth-order valence-electron chi connectivity index (χ4n) is 2.96. The van der Waals surface area contributed by atoms with Gasteiger partial charge in [-0.2, -0.15) is 0 Å².